The lowest BCUT2D eigenvalue weighted by atomic mass is 9.89. The number of aryl methyl sites for hydroxylation is 1. The third-order valence-corrected chi connectivity index (χ3v) is 6.26. The monoisotopic (exact) mass is 499 g/mol. The third kappa shape index (κ3) is 4.80. The predicted molar refractivity (Wildman–Crippen MR) is 130 cm³/mol. The molecule has 0 aliphatic carbocycles. The summed E-state index contributed by atoms with van der Waals surface area (Å²) in [5.74, 6) is -0.724. The number of carbonyl (C=O) groups is 1. The lowest BCUT2D eigenvalue weighted by Gasteiger charge is -2.46. The molecule has 4 rings (SSSR count). The van der Waals surface area contributed by atoms with Gasteiger partial charge in [-0.25, -0.2) is 4.79 Å². The first-order chi connectivity index (χ1) is 17.0. The van der Waals surface area contributed by atoms with Crippen molar-refractivity contribution in [3.63, 3.8) is 0 Å². The Morgan fingerprint density at radius 1 is 1.11 bits per heavy atom. The van der Waals surface area contributed by atoms with Crippen LogP contribution < -0.4 is 15.7 Å². The number of benzene rings is 2. The fraction of sp³-hybridized carbons (Fsp3) is 0.385. The zero-order chi connectivity index (χ0) is 26.2. The molecular formula is C26H29NO9. The smallest absolute Gasteiger partial charge is 0.364 e. The van der Waals surface area contributed by atoms with Crippen LogP contribution in [0.2, 0.25) is 0 Å². The number of aliphatic hydroxyl groups excluding tert-OH is 2. The van der Waals surface area contributed by atoms with E-state index in [0.717, 1.165) is 5.56 Å². The van der Waals surface area contributed by atoms with E-state index in [1.165, 1.54) is 19.2 Å². The minimum absolute atomic E-state index is 0.0133. The average Bonchev–Trinajstić information content (AvgIpc) is 2.82. The Hall–Kier alpha value is -3.44. The molecule has 1 aliphatic heterocycles. The summed E-state index contributed by atoms with van der Waals surface area (Å²) in [6.45, 7) is 5.00. The number of nitrogens with one attached hydrogen (secondary N) is 1. The summed E-state index contributed by atoms with van der Waals surface area (Å²) in [5.41, 5.74) is -1.14. The van der Waals surface area contributed by atoms with Gasteiger partial charge in [0.15, 0.2) is 11.4 Å². The number of aromatic hydroxyl groups is 1. The SMILES string of the molecule is CO[C@@H]1[C@H](O)[C@@H](O)[C@H](Oc2ccc3c(O)c(NC(=O)Cc4ccccc4)c(=O)oc3c2C)OC1(C)C. The van der Waals surface area contributed by atoms with Gasteiger partial charge in [0.05, 0.1) is 17.4 Å². The van der Waals surface area contributed by atoms with E-state index in [0.29, 0.717) is 5.56 Å². The van der Waals surface area contributed by atoms with Crippen LogP contribution >= 0.6 is 0 Å². The minimum Gasteiger partial charge on any atom is -0.505 e. The summed E-state index contributed by atoms with van der Waals surface area (Å²) >= 11 is 0. The summed E-state index contributed by atoms with van der Waals surface area (Å²) in [4.78, 5) is 25.1. The first-order valence-corrected chi connectivity index (χ1v) is 11.4. The number of hydrogen-bond acceptors (Lipinski definition) is 9. The first-order valence-electron chi connectivity index (χ1n) is 11.4. The van der Waals surface area contributed by atoms with E-state index >= 15 is 0 Å². The van der Waals surface area contributed by atoms with Crippen molar-refractivity contribution in [2.24, 2.45) is 0 Å². The zero-order valence-electron chi connectivity index (χ0n) is 20.3. The van der Waals surface area contributed by atoms with E-state index in [-0.39, 0.29) is 28.8 Å². The summed E-state index contributed by atoms with van der Waals surface area (Å²) < 4.78 is 22.4. The number of aliphatic hydroxyl groups is 2. The van der Waals surface area contributed by atoms with Crippen molar-refractivity contribution in [3.05, 3.63) is 64.0 Å². The van der Waals surface area contributed by atoms with Gasteiger partial charge in [-0.1, -0.05) is 30.3 Å². The molecular weight excluding hydrogens is 470 g/mol. The normalized spacial score (nSPS) is 23.4. The molecule has 1 fully saturated rings. The molecule has 36 heavy (non-hydrogen) atoms. The van der Waals surface area contributed by atoms with Crippen LogP contribution in [0.3, 0.4) is 0 Å². The lowest BCUT2D eigenvalue weighted by Crippen LogP contribution is -2.63. The van der Waals surface area contributed by atoms with Crippen LogP contribution in [0.4, 0.5) is 5.69 Å². The summed E-state index contributed by atoms with van der Waals surface area (Å²) in [5, 5.41) is 34.4. The highest BCUT2D eigenvalue weighted by Crippen LogP contribution is 2.37. The fourth-order valence-corrected chi connectivity index (χ4v) is 4.40. The van der Waals surface area contributed by atoms with Gasteiger partial charge in [-0.3, -0.25) is 4.79 Å². The van der Waals surface area contributed by atoms with Crippen molar-refractivity contribution in [3.8, 4) is 11.5 Å². The summed E-state index contributed by atoms with van der Waals surface area (Å²) in [6, 6.07) is 11.9. The van der Waals surface area contributed by atoms with Crippen LogP contribution in [0.1, 0.15) is 25.0 Å². The molecule has 10 nitrogen and oxygen atoms in total. The van der Waals surface area contributed by atoms with Gasteiger partial charge in [0.2, 0.25) is 12.2 Å². The van der Waals surface area contributed by atoms with E-state index in [1.54, 1.807) is 45.0 Å². The number of anilines is 1. The Morgan fingerprint density at radius 2 is 1.81 bits per heavy atom. The Morgan fingerprint density at radius 3 is 2.47 bits per heavy atom. The second-order valence-electron chi connectivity index (χ2n) is 9.23. The molecule has 0 radical (unpaired) electrons. The van der Waals surface area contributed by atoms with Crippen molar-refractivity contribution in [2.75, 3.05) is 12.4 Å². The number of rotatable bonds is 6. The molecule has 0 bridgehead atoms. The summed E-state index contributed by atoms with van der Waals surface area (Å²) in [7, 11) is 1.41. The number of hydrogen-bond donors (Lipinski definition) is 4. The number of ether oxygens (including phenoxy) is 3. The standard InChI is InChI=1S/C26H29NO9/c1-13-16(34-25-21(31)20(30)23(33-4)26(2,3)36-25)11-10-15-19(29)18(24(32)35-22(13)15)27-17(28)12-14-8-6-5-7-9-14/h5-11,20-21,23,25,29-31H,12H2,1-4H3,(H,27,28)/t20-,21-,23-,25-/m1/s1. The molecule has 1 aliphatic rings. The van der Waals surface area contributed by atoms with Gasteiger partial charge in [-0.2, -0.15) is 0 Å². The average molecular weight is 500 g/mol. The molecule has 0 spiro atoms. The highest BCUT2D eigenvalue weighted by Gasteiger charge is 2.50. The van der Waals surface area contributed by atoms with E-state index in [1.807, 2.05) is 6.07 Å². The van der Waals surface area contributed by atoms with Crippen molar-refractivity contribution in [2.45, 2.75) is 57.4 Å². The van der Waals surface area contributed by atoms with Gasteiger partial charge >= 0.3 is 5.63 Å². The molecule has 4 atom stereocenters. The number of amides is 1. The lowest BCUT2D eigenvalue weighted by molar-refractivity contribution is -0.306. The van der Waals surface area contributed by atoms with E-state index in [4.69, 9.17) is 18.6 Å². The molecule has 0 unspecified atom stereocenters. The van der Waals surface area contributed by atoms with Gasteiger partial charge in [-0.05, 0) is 38.5 Å². The van der Waals surface area contributed by atoms with Crippen LogP contribution in [0.25, 0.3) is 11.0 Å². The highest BCUT2D eigenvalue weighted by atomic mass is 16.7. The van der Waals surface area contributed by atoms with Crippen LogP contribution in [0, 0.1) is 6.92 Å². The van der Waals surface area contributed by atoms with Gasteiger partial charge < -0.3 is 39.3 Å². The Balaban J connectivity index is 1.60. The Kier molecular flexibility index (Phi) is 7.05. The third-order valence-electron chi connectivity index (χ3n) is 6.26. The maximum atomic E-state index is 12.7. The van der Waals surface area contributed by atoms with Gasteiger partial charge in [0.1, 0.15) is 29.6 Å². The quantitative estimate of drug-likeness (QED) is 0.375. The number of fused-ring (bicyclic) bond motifs is 1. The molecule has 10 heteroatoms. The molecule has 1 aromatic heterocycles. The van der Waals surface area contributed by atoms with Gasteiger partial charge in [0.25, 0.3) is 0 Å². The van der Waals surface area contributed by atoms with Crippen molar-refractivity contribution in [1.29, 1.82) is 0 Å². The van der Waals surface area contributed by atoms with E-state index < -0.39 is 47.5 Å². The second kappa shape index (κ2) is 9.90. The molecule has 2 heterocycles. The van der Waals surface area contributed by atoms with Crippen molar-refractivity contribution < 1.29 is 38.7 Å². The summed E-state index contributed by atoms with van der Waals surface area (Å²) in [6.07, 6.45) is -4.70. The van der Waals surface area contributed by atoms with Crippen molar-refractivity contribution in [1.82, 2.24) is 0 Å². The molecule has 1 saturated heterocycles. The van der Waals surface area contributed by atoms with Gasteiger partial charge in [-0.15, -0.1) is 0 Å². The Bertz CT molecular complexity index is 1320. The maximum absolute atomic E-state index is 12.7. The number of carbonyl (C=O) groups excluding carboxylic acids is 1. The second-order valence-corrected chi connectivity index (χ2v) is 9.23. The topological polar surface area (TPSA) is 148 Å². The van der Waals surface area contributed by atoms with E-state index in [2.05, 4.69) is 5.32 Å². The molecule has 4 N–H and O–H groups in total. The zero-order valence-corrected chi connectivity index (χ0v) is 20.3. The molecule has 2 aromatic carbocycles. The minimum atomic E-state index is -1.42. The highest BCUT2D eigenvalue weighted by molar-refractivity contribution is 5.98. The van der Waals surface area contributed by atoms with E-state index in [9.17, 15) is 24.9 Å². The molecule has 3 aromatic rings. The van der Waals surface area contributed by atoms with Gasteiger partial charge in [0, 0.05) is 12.7 Å². The number of methoxy groups -OCH3 is 1. The van der Waals surface area contributed by atoms with Crippen LogP contribution in [0.15, 0.2) is 51.7 Å². The fourth-order valence-electron chi connectivity index (χ4n) is 4.40. The predicted octanol–water partition coefficient (Wildman–Crippen LogP) is 2.24. The van der Waals surface area contributed by atoms with Crippen LogP contribution in [-0.2, 0) is 20.7 Å². The molecule has 192 valence electrons. The molecule has 0 saturated carbocycles. The first kappa shape index (κ1) is 25.6. The van der Waals surface area contributed by atoms with Crippen LogP contribution in [0.5, 0.6) is 11.5 Å². The molecule has 1 amide bonds. The van der Waals surface area contributed by atoms with Crippen molar-refractivity contribution >= 4 is 22.6 Å². The largest absolute Gasteiger partial charge is 0.505 e. The van der Waals surface area contributed by atoms with Crippen LogP contribution in [-0.4, -0.2) is 58.5 Å². The Labute approximate surface area is 207 Å². The maximum Gasteiger partial charge on any atom is 0.364 e.